The number of phenolic OH excluding ortho intramolecular Hbond substituents is 2. The molecule has 3 aromatic carbocycles. The molecule has 0 aliphatic carbocycles. The van der Waals surface area contributed by atoms with Gasteiger partial charge in [-0.3, -0.25) is 9.59 Å². The number of benzene rings is 3. The summed E-state index contributed by atoms with van der Waals surface area (Å²) in [6, 6.07) is 16.1. The molecule has 5 rings (SSSR count). The molecule has 1 amide bonds. The van der Waals surface area contributed by atoms with Crippen molar-refractivity contribution in [1.82, 2.24) is 15.3 Å². The second-order valence-electron chi connectivity index (χ2n) is 11.9. The molecule has 0 spiro atoms. The van der Waals surface area contributed by atoms with Crippen LogP contribution in [0.4, 0.5) is 0 Å². The van der Waals surface area contributed by atoms with Crippen molar-refractivity contribution in [2.24, 2.45) is 0 Å². The fourth-order valence-corrected chi connectivity index (χ4v) is 5.94. The van der Waals surface area contributed by atoms with Crippen molar-refractivity contribution < 1.29 is 34.1 Å². The summed E-state index contributed by atoms with van der Waals surface area (Å²) in [5.74, 6) is -1.06. The summed E-state index contributed by atoms with van der Waals surface area (Å²) in [4.78, 5) is 46.9. The number of aromatic hydroxyl groups is 2. The van der Waals surface area contributed by atoms with E-state index in [0.29, 0.717) is 62.8 Å². The number of esters is 1. The lowest BCUT2D eigenvalue weighted by molar-refractivity contribution is -0.121. The molecule has 1 aromatic heterocycles. The first-order chi connectivity index (χ1) is 22.7. The van der Waals surface area contributed by atoms with Crippen LogP contribution in [0, 0.1) is 0 Å². The Labute approximate surface area is 273 Å². The van der Waals surface area contributed by atoms with Crippen molar-refractivity contribution in [1.29, 1.82) is 0 Å². The number of cyclic esters (lactones) is 1. The monoisotopic (exact) mass is 639 g/mol. The number of ketones is 1. The van der Waals surface area contributed by atoms with E-state index in [-0.39, 0.29) is 40.6 Å². The number of nitrogens with zero attached hydrogens (tertiary/aromatic N) is 1. The highest BCUT2D eigenvalue weighted by molar-refractivity contribution is 5.98. The molecule has 10 heteroatoms. The maximum Gasteiger partial charge on any atom is 0.342 e. The summed E-state index contributed by atoms with van der Waals surface area (Å²) in [6.45, 7) is 2.06. The quantitative estimate of drug-likeness (QED) is 0.163. The summed E-state index contributed by atoms with van der Waals surface area (Å²) in [5, 5.41) is 26.0. The first-order valence-electron chi connectivity index (χ1n) is 16.1. The zero-order valence-electron chi connectivity index (χ0n) is 26.8. The molecule has 0 bridgehead atoms. The number of fused-ring (bicyclic) bond motifs is 2. The van der Waals surface area contributed by atoms with Gasteiger partial charge in [0.2, 0.25) is 5.91 Å². The summed E-state index contributed by atoms with van der Waals surface area (Å²) >= 11 is 0. The Morgan fingerprint density at radius 2 is 1.87 bits per heavy atom. The van der Waals surface area contributed by atoms with Crippen LogP contribution in [0.25, 0.3) is 17.1 Å². The van der Waals surface area contributed by atoms with E-state index in [9.17, 15) is 24.6 Å². The number of Topliss-reactive ketones (excluding diaryl/α,β-unsaturated/α-hetero) is 1. The summed E-state index contributed by atoms with van der Waals surface area (Å²) < 4.78 is 11.0. The van der Waals surface area contributed by atoms with E-state index < -0.39 is 23.7 Å². The number of imidazole rings is 1. The molecule has 4 N–H and O–H groups in total. The van der Waals surface area contributed by atoms with E-state index in [1.807, 2.05) is 30.3 Å². The molecular weight excluding hydrogens is 598 g/mol. The van der Waals surface area contributed by atoms with Gasteiger partial charge in [-0.2, -0.15) is 0 Å². The molecule has 2 heterocycles. The number of allylic oxidation sites excluding steroid dienone is 1. The summed E-state index contributed by atoms with van der Waals surface area (Å²) in [5.41, 5.74) is 2.64. The molecule has 2 unspecified atom stereocenters. The van der Waals surface area contributed by atoms with Crippen LogP contribution in [0.3, 0.4) is 0 Å². The van der Waals surface area contributed by atoms with Gasteiger partial charge >= 0.3 is 5.97 Å². The van der Waals surface area contributed by atoms with Crippen molar-refractivity contribution in [3.8, 4) is 17.2 Å². The van der Waals surface area contributed by atoms with Crippen molar-refractivity contribution in [2.45, 2.75) is 70.3 Å². The minimum absolute atomic E-state index is 0.0473. The molecule has 1 aliphatic heterocycles. The highest BCUT2D eigenvalue weighted by Crippen LogP contribution is 2.44. The second-order valence-corrected chi connectivity index (χ2v) is 11.9. The van der Waals surface area contributed by atoms with E-state index in [4.69, 9.17) is 9.47 Å². The molecule has 0 radical (unpaired) electrons. The lowest BCUT2D eigenvalue weighted by Crippen LogP contribution is -2.28. The Balaban J connectivity index is 1.45. The van der Waals surface area contributed by atoms with Gasteiger partial charge in [0.25, 0.3) is 0 Å². The molecule has 4 aromatic rings. The van der Waals surface area contributed by atoms with Crippen molar-refractivity contribution in [3.05, 3.63) is 88.8 Å². The Bertz CT molecular complexity index is 1730. The second kappa shape index (κ2) is 15.4. The normalized spacial score (nSPS) is 16.6. The number of carbonyl (C=O) groups is 3. The van der Waals surface area contributed by atoms with Gasteiger partial charge in [0, 0.05) is 43.7 Å². The van der Waals surface area contributed by atoms with Gasteiger partial charge in [-0.1, -0.05) is 36.4 Å². The van der Waals surface area contributed by atoms with Crippen molar-refractivity contribution in [3.63, 3.8) is 0 Å². The van der Waals surface area contributed by atoms with E-state index in [1.165, 1.54) is 6.07 Å². The Morgan fingerprint density at radius 3 is 2.64 bits per heavy atom. The average molecular weight is 640 g/mol. The number of phenols is 2. The van der Waals surface area contributed by atoms with Crippen LogP contribution in [-0.4, -0.2) is 57.6 Å². The van der Waals surface area contributed by atoms with Crippen molar-refractivity contribution >= 4 is 34.8 Å². The number of para-hydroxylation sites is 2. The Morgan fingerprint density at radius 1 is 1.11 bits per heavy atom. The van der Waals surface area contributed by atoms with Gasteiger partial charge in [-0.25, -0.2) is 9.78 Å². The average Bonchev–Trinajstić information content (AvgIpc) is 3.46. The topological polar surface area (TPSA) is 151 Å². The number of carbonyl (C=O) groups excluding carboxylic acids is 3. The molecule has 246 valence electrons. The number of methoxy groups -OCH3 is 1. The van der Waals surface area contributed by atoms with E-state index in [2.05, 4.69) is 15.3 Å². The highest BCUT2D eigenvalue weighted by Gasteiger charge is 2.31. The van der Waals surface area contributed by atoms with Crippen LogP contribution in [0.15, 0.2) is 60.7 Å². The minimum atomic E-state index is -0.814. The standard InChI is InChI=1S/C37H41N3O7/c1-23-9-8-12-26(41)11-5-3-4-10-25-21-31(42)35(36(44)34(25)37(45)47-23)28(24-15-17-27(46-2)18-16-24)22-33(43)38-20-19-32-39-29-13-6-7-14-30(29)40-32/h4,6-7,10,13-18,21,23,28,42,44H,3,5,8-9,11-12,19-20,22H2,1-2H3,(H,38,43)(H,39,40). The number of hydrogen-bond donors (Lipinski definition) is 4. The number of hydrogen-bond acceptors (Lipinski definition) is 8. The van der Waals surface area contributed by atoms with Gasteiger partial charge < -0.3 is 30.0 Å². The predicted octanol–water partition coefficient (Wildman–Crippen LogP) is 6.35. The van der Waals surface area contributed by atoms with Crippen molar-refractivity contribution in [2.75, 3.05) is 13.7 Å². The molecule has 1 aliphatic rings. The Hall–Kier alpha value is -5.12. The minimum Gasteiger partial charge on any atom is -0.507 e. The first kappa shape index (κ1) is 33.2. The molecule has 2 atom stereocenters. The molecule has 0 saturated heterocycles. The third-order valence-electron chi connectivity index (χ3n) is 8.43. The molecule has 47 heavy (non-hydrogen) atoms. The first-order valence-corrected chi connectivity index (χ1v) is 16.1. The van der Waals surface area contributed by atoms with Gasteiger partial charge in [0.15, 0.2) is 0 Å². The molecular formula is C37H41N3O7. The number of aromatic amines is 1. The number of nitrogens with one attached hydrogen (secondary N) is 2. The van der Waals surface area contributed by atoms with Gasteiger partial charge in [0.1, 0.15) is 34.4 Å². The highest BCUT2D eigenvalue weighted by atomic mass is 16.5. The fraction of sp³-hybridized carbons (Fsp3) is 0.351. The molecule has 0 saturated carbocycles. The van der Waals surface area contributed by atoms with Gasteiger partial charge in [-0.15, -0.1) is 0 Å². The van der Waals surface area contributed by atoms with Crippen LogP contribution in [0.1, 0.15) is 90.7 Å². The van der Waals surface area contributed by atoms with E-state index in [1.54, 1.807) is 44.4 Å². The van der Waals surface area contributed by atoms with Crippen LogP contribution in [0.5, 0.6) is 17.2 Å². The van der Waals surface area contributed by atoms with E-state index >= 15 is 0 Å². The van der Waals surface area contributed by atoms with Crippen LogP contribution in [0.2, 0.25) is 0 Å². The van der Waals surface area contributed by atoms with Gasteiger partial charge in [-0.05, 0) is 74.1 Å². The molecule has 10 nitrogen and oxygen atoms in total. The zero-order chi connectivity index (χ0) is 33.3. The number of amides is 1. The smallest absolute Gasteiger partial charge is 0.342 e. The maximum absolute atomic E-state index is 13.6. The summed E-state index contributed by atoms with van der Waals surface area (Å²) in [6.07, 6.45) is 6.53. The lowest BCUT2D eigenvalue weighted by Gasteiger charge is -2.23. The van der Waals surface area contributed by atoms with Gasteiger partial charge in [0.05, 0.1) is 24.2 Å². The third-order valence-corrected chi connectivity index (χ3v) is 8.43. The number of H-pyrrole nitrogens is 1. The number of ether oxygens (including phenoxy) is 2. The number of rotatable bonds is 8. The third kappa shape index (κ3) is 8.38. The van der Waals surface area contributed by atoms with E-state index in [0.717, 1.165) is 16.9 Å². The number of aromatic nitrogens is 2. The Kier molecular flexibility index (Phi) is 10.9. The van der Waals surface area contributed by atoms with Crippen LogP contribution < -0.4 is 10.1 Å². The summed E-state index contributed by atoms with van der Waals surface area (Å²) in [7, 11) is 1.55. The lowest BCUT2D eigenvalue weighted by atomic mass is 9.84. The van der Waals surface area contributed by atoms with Crippen LogP contribution in [-0.2, 0) is 20.7 Å². The maximum atomic E-state index is 13.6. The predicted molar refractivity (Wildman–Crippen MR) is 179 cm³/mol. The van der Waals surface area contributed by atoms with Crippen LogP contribution >= 0.6 is 0 Å². The fourth-order valence-electron chi connectivity index (χ4n) is 5.94. The molecule has 0 fully saturated rings. The SMILES string of the molecule is COc1ccc(C(CC(=O)NCCc2nc3ccccc3[nH]2)c2c(O)cc3c(c2O)C(=O)OC(C)CCCC(=O)CCCC=C3)cc1. The zero-order valence-corrected chi connectivity index (χ0v) is 26.8. The largest absolute Gasteiger partial charge is 0.507 e.